The predicted molar refractivity (Wildman–Crippen MR) is 120 cm³/mol. The molecular weight excluding hydrogens is 482 g/mol. The minimum atomic E-state index is -4.22. The lowest BCUT2D eigenvalue weighted by molar-refractivity contribution is -0.162. The molecule has 2 amide bonds. The van der Waals surface area contributed by atoms with Crippen molar-refractivity contribution in [1.29, 1.82) is 0 Å². The minimum Gasteiger partial charge on any atom is -0.368 e. The Morgan fingerprint density at radius 3 is 2.30 bits per heavy atom. The molecule has 3 N–H and O–H groups in total. The number of amides is 2. The number of carbonyl (C=O) groups is 2. The van der Waals surface area contributed by atoms with E-state index in [0.29, 0.717) is 45.1 Å². The monoisotopic (exact) mass is 515 g/mol. The van der Waals surface area contributed by atoms with Gasteiger partial charge in [-0.3, -0.25) is 9.59 Å². The Kier molecular flexibility index (Phi) is 9.97. The third-order valence-corrected chi connectivity index (χ3v) is 8.17. The van der Waals surface area contributed by atoms with Crippen LogP contribution >= 0.6 is 23.2 Å². The van der Waals surface area contributed by atoms with E-state index in [1.165, 1.54) is 0 Å². The molecule has 0 aromatic carbocycles. The van der Waals surface area contributed by atoms with Crippen molar-refractivity contribution < 1.29 is 27.5 Å². The van der Waals surface area contributed by atoms with E-state index >= 15 is 0 Å². The van der Waals surface area contributed by atoms with Gasteiger partial charge >= 0.3 is 6.18 Å². The fourth-order valence-corrected chi connectivity index (χ4v) is 5.47. The molecule has 2 saturated carbocycles. The Morgan fingerprint density at radius 2 is 1.70 bits per heavy atom. The van der Waals surface area contributed by atoms with Crippen LogP contribution in [0.15, 0.2) is 0 Å². The number of nitrogens with one attached hydrogen (secondary N) is 3. The summed E-state index contributed by atoms with van der Waals surface area (Å²) in [5.41, 5.74) is 0. The highest BCUT2D eigenvalue weighted by atomic mass is 35.5. The van der Waals surface area contributed by atoms with E-state index in [0.717, 1.165) is 12.8 Å². The summed E-state index contributed by atoms with van der Waals surface area (Å²) in [7, 11) is 0. The van der Waals surface area contributed by atoms with Crippen LogP contribution in [0.5, 0.6) is 0 Å². The second-order valence-corrected chi connectivity index (χ2v) is 10.7. The highest BCUT2D eigenvalue weighted by molar-refractivity contribution is 6.30. The second-order valence-electron chi connectivity index (χ2n) is 9.59. The third-order valence-electron chi connectivity index (χ3n) is 7.03. The van der Waals surface area contributed by atoms with Crippen LogP contribution in [0.4, 0.5) is 13.2 Å². The largest absolute Gasteiger partial charge is 0.403 e. The van der Waals surface area contributed by atoms with Gasteiger partial charge in [0.2, 0.25) is 11.8 Å². The van der Waals surface area contributed by atoms with Crippen molar-refractivity contribution in [3.05, 3.63) is 0 Å². The molecule has 0 bridgehead atoms. The first-order chi connectivity index (χ1) is 15.6. The highest BCUT2D eigenvalue weighted by Crippen LogP contribution is 2.30. The minimum absolute atomic E-state index is 0.00768. The van der Waals surface area contributed by atoms with Crippen LogP contribution in [0.3, 0.4) is 0 Å². The number of hydrogen-bond donors (Lipinski definition) is 3. The summed E-state index contributed by atoms with van der Waals surface area (Å²) in [6, 6.07) is -1.43. The van der Waals surface area contributed by atoms with Crippen molar-refractivity contribution in [3.8, 4) is 0 Å². The van der Waals surface area contributed by atoms with Gasteiger partial charge in [0, 0.05) is 25.0 Å². The fraction of sp³-hybridized carbons (Fsp3) is 0.909. The molecule has 6 nitrogen and oxygen atoms in total. The van der Waals surface area contributed by atoms with Gasteiger partial charge in [-0.25, -0.2) is 0 Å². The molecule has 0 aromatic heterocycles. The molecule has 190 valence electrons. The van der Waals surface area contributed by atoms with E-state index in [9.17, 15) is 22.8 Å². The smallest absolute Gasteiger partial charge is 0.368 e. The zero-order chi connectivity index (χ0) is 24.0. The lowest BCUT2D eigenvalue weighted by Gasteiger charge is -2.32. The van der Waals surface area contributed by atoms with Crippen LogP contribution < -0.4 is 16.0 Å². The van der Waals surface area contributed by atoms with Crippen molar-refractivity contribution in [3.63, 3.8) is 0 Å². The summed E-state index contributed by atoms with van der Waals surface area (Å²) in [6.07, 6.45) is 1.20. The van der Waals surface area contributed by atoms with Crippen LogP contribution in [0.25, 0.3) is 0 Å². The number of alkyl halides is 5. The lowest BCUT2D eigenvalue weighted by atomic mass is 9.85. The standard InChI is InChI=1S/C22H34Cl2F3N3O3/c23-17-7-6-16(9-18(17)24)33-12-20(31)30-15-4-2-14(3-5-15)21(32)29-11-13-1-8-19(28-10-13)22(25,26)27/h13-19,28H,1-12H2,(H,29,32)(H,30,31). The first-order valence-electron chi connectivity index (χ1n) is 11.9. The molecule has 0 radical (unpaired) electrons. The number of rotatable bonds is 7. The van der Waals surface area contributed by atoms with E-state index in [-0.39, 0.29) is 66.1 Å². The molecule has 0 aromatic rings. The van der Waals surface area contributed by atoms with E-state index in [2.05, 4.69) is 16.0 Å². The summed E-state index contributed by atoms with van der Waals surface area (Å²) in [4.78, 5) is 24.7. The van der Waals surface area contributed by atoms with Gasteiger partial charge in [0.05, 0.1) is 16.9 Å². The number of piperidine rings is 1. The fourth-order valence-electron chi connectivity index (χ4n) is 4.92. The van der Waals surface area contributed by atoms with Gasteiger partial charge < -0.3 is 20.7 Å². The van der Waals surface area contributed by atoms with Gasteiger partial charge in [-0.1, -0.05) is 0 Å². The van der Waals surface area contributed by atoms with Crippen molar-refractivity contribution >= 4 is 35.0 Å². The molecule has 3 aliphatic rings. The first kappa shape index (κ1) is 26.8. The van der Waals surface area contributed by atoms with E-state index in [4.69, 9.17) is 27.9 Å². The Bertz CT molecular complexity index is 655. The first-order valence-corrected chi connectivity index (χ1v) is 12.8. The third kappa shape index (κ3) is 8.44. The average molecular weight is 516 g/mol. The topological polar surface area (TPSA) is 79.5 Å². The maximum Gasteiger partial charge on any atom is 0.403 e. The quantitative estimate of drug-likeness (QED) is 0.453. The van der Waals surface area contributed by atoms with E-state index < -0.39 is 12.2 Å². The van der Waals surface area contributed by atoms with Crippen molar-refractivity contribution in [2.75, 3.05) is 19.7 Å². The Hall–Kier alpha value is -0.770. The van der Waals surface area contributed by atoms with Crippen LogP contribution in [-0.2, 0) is 14.3 Å². The van der Waals surface area contributed by atoms with Crippen LogP contribution in [0.1, 0.15) is 57.8 Å². The molecule has 3 rings (SSSR count). The summed E-state index contributed by atoms with van der Waals surface area (Å²) in [5.74, 6) is -0.326. The van der Waals surface area contributed by atoms with E-state index in [1.807, 2.05) is 0 Å². The van der Waals surface area contributed by atoms with Gasteiger partial charge in [0.1, 0.15) is 12.6 Å². The Morgan fingerprint density at radius 1 is 0.970 bits per heavy atom. The van der Waals surface area contributed by atoms with Crippen molar-refractivity contribution in [2.45, 2.75) is 92.9 Å². The number of carbonyl (C=O) groups excluding carboxylic acids is 2. The average Bonchev–Trinajstić information content (AvgIpc) is 2.78. The zero-order valence-electron chi connectivity index (χ0n) is 18.6. The lowest BCUT2D eigenvalue weighted by Crippen LogP contribution is -2.50. The number of ether oxygens (including phenoxy) is 1. The molecule has 0 spiro atoms. The SMILES string of the molecule is O=C(COC1CCC(Cl)C(Cl)C1)NC1CCC(C(=O)NCC2CCC(C(F)(F)F)NC2)CC1. The number of halogens is 5. The molecule has 1 aliphatic heterocycles. The maximum absolute atomic E-state index is 12.7. The summed E-state index contributed by atoms with van der Waals surface area (Å²) < 4.78 is 43.8. The summed E-state index contributed by atoms with van der Waals surface area (Å²) >= 11 is 12.3. The summed E-state index contributed by atoms with van der Waals surface area (Å²) in [5, 5.41) is 8.24. The molecule has 11 heteroatoms. The number of hydrogen-bond acceptors (Lipinski definition) is 4. The maximum atomic E-state index is 12.7. The van der Waals surface area contributed by atoms with E-state index in [1.54, 1.807) is 0 Å². The van der Waals surface area contributed by atoms with Crippen LogP contribution in [-0.4, -0.2) is 66.6 Å². The Balaban J connectivity index is 1.27. The highest BCUT2D eigenvalue weighted by Gasteiger charge is 2.41. The van der Waals surface area contributed by atoms with Crippen LogP contribution in [0.2, 0.25) is 0 Å². The molecule has 3 fully saturated rings. The predicted octanol–water partition coefficient (Wildman–Crippen LogP) is 3.49. The van der Waals surface area contributed by atoms with Gasteiger partial charge in [-0.05, 0) is 63.7 Å². The zero-order valence-corrected chi connectivity index (χ0v) is 20.2. The molecule has 33 heavy (non-hydrogen) atoms. The summed E-state index contributed by atoms with van der Waals surface area (Å²) in [6.45, 7) is 0.635. The van der Waals surface area contributed by atoms with Gasteiger partial charge in [0.15, 0.2) is 0 Å². The second kappa shape index (κ2) is 12.3. The molecule has 5 unspecified atom stereocenters. The molecular formula is C22H34Cl2F3N3O3. The van der Waals surface area contributed by atoms with Crippen LogP contribution in [0, 0.1) is 11.8 Å². The van der Waals surface area contributed by atoms with Gasteiger partial charge in [0.25, 0.3) is 0 Å². The van der Waals surface area contributed by atoms with Gasteiger partial charge in [-0.2, -0.15) is 13.2 Å². The normalized spacial score (nSPS) is 35.6. The van der Waals surface area contributed by atoms with Crippen molar-refractivity contribution in [2.24, 2.45) is 11.8 Å². The molecule has 5 atom stereocenters. The molecule has 1 saturated heterocycles. The molecule has 1 heterocycles. The van der Waals surface area contributed by atoms with Crippen molar-refractivity contribution in [1.82, 2.24) is 16.0 Å². The van der Waals surface area contributed by atoms with Gasteiger partial charge in [-0.15, -0.1) is 23.2 Å². The Labute approximate surface area is 203 Å². The molecule has 2 aliphatic carbocycles.